The van der Waals surface area contributed by atoms with Crippen LogP contribution in [0.15, 0.2) is 59.7 Å². The Balaban J connectivity index is 1.97. The molecule has 0 atom stereocenters. The molecule has 0 aliphatic carbocycles. The molecule has 21 heavy (non-hydrogen) atoms. The lowest BCUT2D eigenvalue weighted by atomic mass is 10.1. The molecule has 2 aromatic carbocycles. The maximum absolute atomic E-state index is 9.55. The second kappa shape index (κ2) is 6.74. The van der Waals surface area contributed by atoms with Crippen LogP contribution in [0.1, 0.15) is 25.0 Å². The Bertz CT molecular complexity index is 656. The van der Waals surface area contributed by atoms with Gasteiger partial charge in [0, 0.05) is 5.56 Å². The largest absolute Gasteiger partial charge is 0.378 e. The van der Waals surface area contributed by atoms with Crippen molar-refractivity contribution >= 4 is 11.9 Å². The Labute approximate surface area is 125 Å². The second-order valence-electron chi connectivity index (χ2n) is 5.17. The first-order chi connectivity index (χ1) is 10.0. The van der Waals surface area contributed by atoms with Gasteiger partial charge in [-0.1, -0.05) is 42.2 Å². The van der Waals surface area contributed by atoms with Gasteiger partial charge in [-0.05, 0) is 43.7 Å². The monoisotopic (exact) mass is 278 g/mol. The predicted molar refractivity (Wildman–Crippen MR) is 87.3 cm³/mol. The molecular formula is C18H18N2O. The molecule has 106 valence electrons. The van der Waals surface area contributed by atoms with E-state index in [1.54, 1.807) is 20.1 Å². The van der Waals surface area contributed by atoms with Crippen molar-refractivity contribution in [2.45, 2.75) is 19.4 Å². The zero-order valence-electron chi connectivity index (χ0n) is 12.2. The van der Waals surface area contributed by atoms with Gasteiger partial charge >= 0.3 is 0 Å². The normalized spacial score (nSPS) is 11.0. The average molecular weight is 278 g/mol. The SMILES string of the molecule is CC(C)(O)C#Cc1ccc(C=NNc2ccccc2)cc1. The Hall–Kier alpha value is -2.57. The molecule has 2 aromatic rings. The first-order valence-electron chi connectivity index (χ1n) is 6.73. The zero-order valence-corrected chi connectivity index (χ0v) is 12.2. The molecule has 0 radical (unpaired) electrons. The van der Waals surface area contributed by atoms with Crippen LogP contribution in [0.2, 0.25) is 0 Å². The fraction of sp³-hybridized carbons (Fsp3) is 0.167. The van der Waals surface area contributed by atoms with E-state index >= 15 is 0 Å². The van der Waals surface area contributed by atoms with E-state index in [-0.39, 0.29) is 0 Å². The van der Waals surface area contributed by atoms with Crippen LogP contribution in [0.4, 0.5) is 5.69 Å². The van der Waals surface area contributed by atoms with Gasteiger partial charge in [-0.3, -0.25) is 5.43 Å². The van der Waals surface area contributed by atoms with Crippen molar-refractivity contribution in [3.63, 3.8) is 0 Å². The summed E-state index contributed by atoms with van der Waals surface area (Å²) in [5.41, 5.74) is 4.78. The van der Waals surface area contributed by atoms with Crippen LogP contribution >= 0.6 is 0 Å². The molecule has 2 N–H and O–H groups in total. The highest BCUT2D eigenvalue weighted by Gasteiger charge is 2.05. The van der Waals surface area contributed by atoms with Gasteiger partial charge in [0.05, 0.1) is 11.9 Å². The zero-order chi connectivity index (χ0) is 15.1. The molecule has 0 aromatic heterocycles. The van der Waals surface area contributed by atoms with Gasteiger partial charge in [-0.2, -0.15) is 5.10 Å². The molecule has 3 nitrogen and oxygen atoms in total. The molecule has 0 unspecified atom stereocenters. The lowest BCUT2D eigenvalue weighted by molar-refractivity contribution is 0.143. The number of aliphatic hydroxyl groups is 1. The third-order valence-electron chi connectivity index (χ3n) is 2.60. The summed E-state index contributed by atoms with van der Waals surface area (Å²) in [5.74, 6) is 5.72. The standard InChI is InChI=1S/C18H18N2O/c1-18(2,21)13-12-15-8-10-16(11-9-15)14-19-20-17-6-4-3-5-7-17/h3-11,14,20-21H,1-2H3. The van der Waals surface area contributed by atoms with Crippen LogP contribution in [0.3, 0.4) is 0 Å². The van der Waals surface area contributed by atoms with Crippen molar-refractivity contribution in [3.05, 3.63) is 65.7 Å². The van der Waals surface area contributed by atoms with Gasteiger partial charge in [-0.25, -0.2) is 0 Å². The molecule has 0 aliphatic heterocycles. The van der Waals surface area contributed by atoms with Crippen LogP contribution < -0.4 is 5.43 Å². The molecule has 0 heterocycles. The first kappa shape index (κ1) is 14.8. The summed E-state index contributed by atoms with van der Waals surface area (Å²) in [5, 5.41) is 13.7. The summed E-state index contributed by atoms with van der Waals surface area (Å²) in [7, 11) is 0. The van der Waals surface area contributed by atoms with E-state index in [0.717, 1.165) is 16.8 Å². The number of para-hydroxylation sites is 1. The minimum absolute atomic E-state index is 0.866. The summed E-state index contributed by atoms with van der Waals surface area (Å²) >= 11 is 0. The van der Waals surface area contributed by atoms with Crippen molar-refractivity contribution in [2.75, 3.05) is 5.43 Å². The lowest BCUT2D eigenvalue weighted by Crippen LogP contribution is -2.14. The molecule has 3 heteroatoms. The summed E-state index contributed by atoms with van der Waals surface area (Å²) in [6.45, 7) is 3.33. The molecule has 0 spiro atoms. The van der Waals surface area contributed by atoms with Crippen LogP contribution in [0.5, 0.6) is 0 Å². The topological polar surface area (TPSA) is 44.6 Å². The molecule has 0 aliphatic rings. The third-order valence-corrected chi connectivity index (χ3v) is 2.60. The maximum atomic E-state index is 9.55. The molecular weight excluding hydrogens is 260 g/mol. The Morgan fingerprint density at radius 2 is 1.71 bits per heavy atom. The highest BCUT2D eigenvalue weighted by Crippen LogP contribution is 2.06. The van der Waals surface area contributed by atoms with Gasteiger partial charge in [0.1, 0.15) is 5.60 Å². The van der Waals surface area contributed by atoms with Gasteiger partial charge in [0.2, 0.25) is 0 Å². The fourth-order valence-corrected chi connectivity index (χ4v) is 1.57. The summed E-state index contributed by atoms with van der Waals surface area (Å²) in [6, 6.07) is 17.4. The maximum Gasteiger partial charge on any atom is 0.120 e. The van der Waals surface area contributed by atoms with Crippen molar-refractivity contribution < 1.29 is 5.11 Å². The molecule has 0 bridgehead atoms. The highest BCUT2D eigenvalue weighted by molar-refractivity contribution is 5.80. The molecule has 0 saturated carbocycles. The van der Waals surface area contributed by atoms with Gasteiger partial charge in [-0.15, -0.1) is 0 Å². The van der Waals surface area contributed by atoms with Gasteiger partial charge in [0.25, 0.3) is 0 Å². The van der Waals surface area contributed by atoms with Crippen molar-refractivity contribution in [1.82, 2.24) is 0 Å². The average Bonchev–Trinajstić information content (AvgIpc) is 2.47. The van der Waals surface area contributed by atoms with E-state index in [2.05, 4.69) is 22.4 Å². The van der Waals surface area contributed by atoms with E-state index in [4.69, 9.17) is 0 Å². The molecule has 2 rings (SSSR count). The number of hydrogen-bond donors (Lipinski definition) is 2. The number of nitrogens with one attached hydrogen (secondary N) is 1. The van der Waals surface area contributed by atoms with Crippen LogP contribution in [-0.2, 0) is 0 Å². The second-order valence-corrected chi connectivity index (χ2v) is 5.17. The quantitative estimate of drug-likeness (QED) is 0.514. The highest BCUT2D eigenvalue weighted by atomic mass is 16.3. The van der Waals surface area contributed by atoms with E-state index in [9.17, 15) is 5.11 Å². The van der Waals surface area contributed by atoms with Crippen molar-refractivity contribution in [2.24, 2.45) is 5.10 Å². The summed E-state index contributed by atoms with van der Waals surface area (Å²) in [4.78, 5) is 0. The van der Waals surface area contributed by atoms with E-state index < -0.39 is 5.60 Å². The van der Waals surface area contributed by atoms with Crippen LogP contribution in [0.25, 0.3) is 0 Å². The molecule has 0 saturated heterocycles. The van der Waals surface area contributed by atoms with Gasteiger partial charge in [0.15, 0.2) is 0 Å². The Kier molecular flexibility index (Phi) is 4.76. The Morgan fingerprint density at radius 1 is 1.05 bits per heavy atom. The van der Waals surface area contributed by atoms with E-state index in [1.807, 2.05) is 54.6 Å². The van der Waals surface area contributed by atoms with Crippen LogP contribution in [-0.4, -0.2) is 16.9 Å². The smallest absolute Gasteiger partial charge is 0.120 e. The van der Waals surface area contributed by atoms with Crippen molar-refractivity contribution in [1.29, 1.82) is 0 Å². The van der Waals surface area contributed by atoms with E-state index in [0.29, 0.717) is 0 Å². The summed E-state index contributed by atoms with van der Waals surface area (Å²) < 4.78 is 0. The van der Waals surface area contributed by atoms with Crippen molar-refractivity contribution in [3.8, 4) is 11.8 Å². The predicted octanol–water partition coefficient (Wildman–Crippen LogP) is 3.26. The third kappa shape index (κ3) is 5.52. The molecule has 0 fully saturated rings. The number of hydrazone groups is 1. The van der Waals surface area contributed by atoms with Crippen LogP contribution in [0, 0.1) is 11.8 Å². The minimum atomic E-state index is -0.972. The number of benzene rings is 2. The van der Waals surface area contributed by atoms with E-state index in [1.165, 1.54) is 0 Å². The number of rotatable bonds is 3. The summed E-state index contributed by atoms with van der Waals surface area (Å²) in [6.07, 6.45) is 1.75. The number of nitrogens with zero attached hydrogens (tertiary/aromatic N) is 1. The first-order valence-corrected chi connectivity index (χ1v) is 6.73. The molecule has 0 amide bonds. The minimum Gasteiger partial charge on any atom is -0.378 e. The Morgan fingerprint density at radius 3 is 2.33 bits per heavy atom. The fourth-order valence-electron chi connectivity index (χ4n) is 1.57. The number of anilines is 1. The number of hydrogen-bond acceptors (Lipinski definition) is 3. The lowest BCUT2D eigenvalue weighted by Gasteiger charge is -2.05. The van der Waals surface area contributed by atoms with Gasteiger partial charge < -0.3 is 5.11 Å².